The van der Waals surface area contributed by atoms with Crippen LogP contribution in [-0.4, -0.2) is 6.61 Å². The summed E-state index contributed by atoms with van der Waals surface area (Å²) in [5.74, 6) is 1.35. The van der Waals surface area contributed by atoms with Crippen LogP contribution < -0.4 is 10.5 Å². The molecule has 1 rings (SSSR count). The van der Waals surface area contributed by atoms with Crippen molar-refractivity contribution in [3.63, 3.8) is 0 Å². The highest BCUT2D eigenvalue weighted by atomic mass is 79.9. The zero-order chi connectivity index (χ0) is 12.1. The number of hydrogen-bond acceptors (Lipinski definition) is 2. The first-order chi connectivity index (χ1) is 7.60. The molecule has 2 unspecified atom stereocenters. The molecule has 2 N–H and O–H groups in total. The average molecular weight is 286 g/mol. The molecular formula is C13H20BrNO. The van der Waals surface area contributed by atoms with E-state index in [0.29, 0.717) is 12.5 Å². The molecule has 0 heterocycles. The fraction of sp³-hybridized carbons (Fsp3) is 0.538. The lowest BCUT2D eigenvalue weighted by Crippen LogP contribution is -2.19. The second-order valence-corrected chi connectivity index (χ2v) is 4.94. The summed E-state index contributed by atoms with van der Waals surface area (Å²) in [6.07, 6.45) is 1.07. The molecule has 1 aromatic rings. The Bertz CT molecular complexity index is 341. The maximum atomic E-state index is 6.25. The lowest BCUT2D eigenvalue weighted by Gasteiger charge is -2.21. The number of rotatable bonds is 5. The second-order valence-electron chi connectivity index (χ2n) is 4.03. The van der Waals surface area contributed by atoms with Crippen molar-refractivity contribution < 1.29 is 4.74 Å². The molecule has 3 heteroatoms. The Hall–Kier alpha value is -0.540. The molecule has 1 aromatic carbocycles. The van der Waals surface area contributed by atoms with Gasteiger partial charge in [-0.1, -0.05) is 36.2 Å². The summed E-state index contributed by atoms with van der Waals surface area (Å²) in [5, 5.41) is 0. The maximum Gasteiger partial charge on any atom is 0.124 e. The van der Waals surface area contributed by atoms with E-state index in [2.05, 4.69) is 35.8 Å². The number of nitrogens with two attached hydrogens (primary N) is 1. The molecule has 0 amide bonds. The fourth-order valence-corrected chi connectivity index (χ4v) is 2.01. The predicted octanol–water partition coefficient (Wildman–Crippen LogP) is 3.89. The Morgan fingerprint density at radius 1 is 1.38 bits per heavy atom. The molecule has 16 heavy (non-hydrogen) atoms. The van der Waals surface area contributed by atoms with Gasteiger partial charge in [0.05, 0.1) is 6.61 Å². The zero-order valence-corrected chi connectivity index (χ0v) is 11.8. The minimum absolute atomic E-state index is 0.0315. The summed E-state index contributed by atoms with van der Waals surface area (Å²) in [6.45, 7) is 6.98. The van der Waals surface area contributed by atoms with E-state index < -0.39 is 0 Å². The van der Waals surface area contributed by atoms with Gasteiger partial charge in [-0.15, -0.1) is 0 Å². The van der Waals surface area contributed by atoms with E-state index in [0.717, 1.165) is 22.2 Å². The normalized spacial score (nSPS) is 14.6. The molecule has 2 nitrogen and oxygen atoms in total. The first-order valence-corrected chi connectivity index (χ1v) is 6.57. The van der Waals surface area contributed by atoms with Gasteiger partial charge < -0.3 is 10.5 Å². The third-order valence-electron chi connectivity index (χ3n) is 2.89. The fourth-order valence-electron chi connectivity index (χ4n) is 1.63. The van der Waals surface area contributed by atoms with E-state index in [1.807, 2.05) is 19.1 Å². The van der Waals surface area contributed by atoms with Crippen LogP contribution in [0.3, 0.4) is 0 Å². The van der Waals surface area contributed by atoms with Crippen LogP contribution in [0, 0.1) is 5.92 Å². The van der Waals surface area contributed by atoms with Crippen molar-refractivity contribution in [2.75, 3.05) is 6.61 Å². The third-order valence-corrected chi connectivity index (χ3v) is 3.38. The molecule has 0 aliphatic carbocycles. The van der Waals surface area contributed by atoms with E-state index in [9.17, 15) is 0 Å². The minimum Gasteiger partial charge on any atom is -0.494 e. The van der Waals surface area contributed by atoms with Gasteiger partial charge in [0.25, 0.3) is 0 Å². The zero-order valence-electron chi connectivity index (χ0n) is 10.2. The van der Waals surface area contributed by atoms with Crippen LogP contribution in [0.25, 0.3) is 0 Å². The largest absolute Gasteiger partial charge is 0.494 e. The average Bonchev–Trinajstić information content (AvgIpc) is 2.29. The molecule has 0 aliphatic heterocycles. The van der Waals surface area contributed by atoms with E-state index in [-0.39, 0.29) is 6.04 Å². The second kappa shape index (κ2) is 6.26. The van der Waals surface area contributed by atoms with E-state index >= 15 is 0 Å². The lowest BCUT2D eigenvalue weighted by atomic mass is 9.93. The Labute approximate surface area is 106 Å². The van der Waals surface area contributed by atoms with Gasteiger partial charge >= 0.3 is 0 Å². The summed E-state index contributed by atoms with van der Waals surface area (Å²) in [6, 6.07) is 6.05. The van der Waals surface area contributed by atoms with Crippen LogP contribution in [0.4, 0.5) is 0 Å². The van der Waals surface area contributed by atoms with Gasteiger partial charge in [-0.25, -0.2) is 0 Å². The molecule has 0 aromatic heterocycles. The molecule has 2 atom stereocenters. The Morgan fingerprint density at radius 3 is 2.62 bits per heavy atom. The highest BCUT2D eigenvalue weighted by Gasteiger charge is 2.17. The first kappa shape index (κ1) is 13.5. The first-order valence-electron chi connectivity index (χ1n) is 5.77. The van der Waals surface area contributed by atoms with Crippen molar-refractivity contribution in [2.45, 2.75) is 33.2 Å². The smallest absolute Gasteiger partial charge is 0.124 e. The van der Waals surface area contributed by atoms with Gasteiger partial charge in [0.2, 0.25) is 0 Å². The van der Waals surface area contributed by atoms with Crippen molar-refractivity contribution in [1.82, 2.24) is 0 Å². The van der Waals surface area contributed by atoms with Crippen molar-refractivity contribution in [2.24, 2.45) is 11.7 Å². The molecule has 0 saturated heterocycles. The van der Waals surface area contributed by atoms with Crippen LogP contribution >= 0.6 is 15.9 Å². The Balaban J connectivity index is 3.03. The van der Waals surface area contributed by atoms with E-state index in [1.165, 1.54) is 0 Å². The molecule has 0 radical (unpaired) electrons. The Kier molecular flexibility index (Phi) is 5.29. The monoisotopic (exact) mass is 285 g/mol. The van der Waals surface area contributed by atoms with Crippen LogP contribution in [0.2, 0.25) is 0 Å². The molecule has 0 spiro atoms. The van der Waals surface area contributed by atoms with Crippen LogP contribution in [-0.2, 0) is 0 Å². The summed E-state index contributed by atoms with van der Waals surface area (Å²) >= 11 is 3.48. The number of ether oxygens (including phenoxy) is 1. The van der Waals surface area contributed by atoms with E-state index in [1.54, 1.807) is 0 Å². The van der Waals surface area contributed by atoms with Gasteiger partial charge in [0.1, 0.15) is 5.75 Å². The summed E-state index contributed by atoms with van der Waals surface area (Å²) < 4.78 is 6.65. The van der Waals surface area contributed by atoms with Gasteiger partial charge in [0, 0.05) is 16.1 Å². The SMILES string of the molecule is CCOc1ccc(Br)cc1C(N)C(C)CC. The number of halogens is 1. The van der Waals surface area contributed by atoms with Crippen molar-refractivity contribution in [3.8, 4) is 5.75 Å². The standard InChI is InChI=1S/C13H20BrNO/c1-4-9(3)13(15)11-8-10(14)6-7-12(11)16-5-2/h6-9,13H,4-5,15H2,1-3H3. The Morgan fingerprint density at radius 2 is 2.06 bits per heavy atom. The summed E-state index contributed by atoms with van der Waals surface area (Å²) in [7, 11) is 0. The van der Waals surface area contributed by atoms with E-state index in [4.69, 9.17) is 10.5 Å². The van der Waals surface area contributed by atoms with Crippen LogP contribution in [0.15, 0.2) is 22.7 Å². The third kappa shape index (κ3) is 3.22. The topological polar surface area (TPSA) is 35.2 Å². The van der Waals surface area contributed by atoms with Crippen LogP contribution in [0.1, 0.15) is 38.8 Å². The van der Waals surface area contributed by atoms with Gasteiger partial charge in [-0.2, -0.15) is 0 Å². The number of hydrogen-bond donors (Lipinski definition) is 1. The molecule has 0 saturated carbocycles. The molecule has 0 aliphatic rings. The predicted molar refractivity (Wildman–Crippen MR) is 71.7 cm³/mol. The lowest BCUT2D eigenvalue weighted by molar-refractivity contribution is 0.328. The summed E-state index contributed by atoms with van der Waals surface area (Å²) in [5.41, 5.74) is 7.34. The molecule has 0 fully saturated rings. The van der Waals surface area contributed by atoms with Crippen molar-refractivity contribution >= 4 is 15.9 Å². The quantitative estimate of drug-likeness (QED) is 0.891. The highest BCUT2D eigenvalue weighted by Crippen LogP contribution is 2.32. The summed E-state index contributed by atoms with van der Waals surface area (Å²) in [4.78, 5) is 0. The van der Waals surface area contributed by atoms with Gasteiger partial charge in [-0.05, 0) is 31.0 Å². The number of benzene rings is 1. The minimum atomic E-state index is 0.0315. The van der Waals surface area contributed by atoms with Crippen molar-refractivity contribution in [3.05, 3.63) is 28.2 Å². The van der Waals surface area contributed by atoms with Gasteiger partial charge in [-0.3, -0.25) is 0 Å². The highest BCUT2D eigenvalue weighted by molar-refractivity contribution is 9.10. The molecule has 0 bridgehead atoms. The van der Waals surface area contributed by atoms with Crippen molar-refractivity contribution in [1.29, 1.82) is 0 Å². The molecule has 90 valence electrons. The maximum absolute atomic E-state index is 6.25. The van der Waals surface area contributed by atoms with Gasteiger partial charge in [0.15, 0.2) is 0 Å². The van der Waals surface area contributed by atoms with Crippen LogP contribution in [0.5, 0.6) is 5.75 Å². The molecular weight excluding hydrogens is 266 g/mol.